The van der Waals surface area contributed by atoms with E-state index < -0.39 is 0 Å². The number of nitrogens with one attached hydrogen (secondary N) is 3. The summed E-state index contributed by atoms with van der Waals surface area (Å²) in [6.07, 6.45) is 1.81. The van der Waals surface area contributed by atoms with Crippen LogP contribution in [0.1, 0.15) is 20.7 Å². The number of amides is 2. The molecule has 0 unspecified atom stereocenters. The van der Waals surface area contributed by atoms with Crippen molar-refractivity contribution in [1.29, 1.82) is 0 Å². The number of hydrogen-bond acceptors (Lipinski definition) is 3. The van der Waals surface area contributed by atoms with E-state index >= 15 is 0 Å². The lowest BCUT2D eigenvalue weighted by molar-refractivity contribution is 0.102. The van der Waals surface area contributed by atoms with Crippen LogP contribution in [-0.4, -0.2) is 23.9 Å². The monoisotopic (exact) mass is 419 g/mol. The Morgan fingerprint density at radius 2 is 1.70 bits per heavy atom. The fourth-order valence-corrected chi connectivity index (χ4v) is 3.19. The lowest BCUT2D eigenvalue weighted by atomic mass is 10.1. The quantitative estimate of drug-likeness (QED) is 0.408. The molecule has 3 N–H and O–H groups in total. The van der Waals surface area contributed by atoms with E-state index in [1.54, 1.807) is 54.6 Å². The van der Waals surface area contributed by atoms with Gasteiger partial charge in [-0.2, -0.15) is 0 Å². The van der Waals surface area contributed by atoms with E-state index in [0.717, 1.165) is 10.9 Å². The average Bonchev–Trinajstić information content (AvgIpc) is 3.23. The first-order valence-electron chi connectivity index (χ1n) is 9.17. The molecule has 30 heavy (non-hydrogen) atoms. The van der Waals surface area contributed by atoms with Crippen molar-refractivity contribution in [2.75, 3.05) is 17.7 Å². The molecule has 7 heteroatoms. The van der Waals surface area contributed by atoms with Crippen molar-refractivity contribution in [2.24, 2.45) is 0 Å². The molecule has 2 amide bonds. The maximum atomic E-state index is 12.9. The Balaban J connectivity index is 1.61. The highest BCUT2D eigenvalue weighted by Crippen LogP contribution is 2.25. The number of fused-ring (bicyclic) bond motifs is 1. The number of aromatic amines is 1. The second-order valence-corrected chi connectivity index (χ2v) is 7.04. The number of carbonyl (C=O) groups excluding carboxylic acids is 2. The maximum Gasteiger partial charge on any atom is 0.257 e. The topological polar surface area (TPSA) is 83.2 Å². The smallest absolute Gasteiger partial charge is 0.257 e. The van der Waals surface area contributed by atoms with Crippen LogP contribution in [0.15, 0.2) is 72.9 Å². The normalized spacial score (nSPS) is 10.6. The molecular weight excluding hydrogens is 402 g/mol. The molecule has 0 atom stereocenters. The number of anilines is 2. The van der Waals surface area contributed by atoms with Gasteiger partial charge >= 0.3 is 0 Å². The van der Waals surface area contributed by atoms with Crippen molar-refractivity contribution in [2.45, 2.75) is 0 Å². The fourth-order valence-electron chi connectivity index (χ4n) is 3.07. The van der Waals surface area contributed by atoms with E-state index in [1.165, 1.54) is 7.11 Å². The molecule has 4 aromatic rings. The minimum absolute atomic E-state index is 0.278. The first-order chi connectivity index (χ1) is 14.5. The first kappa shape index (κ1) is 19.5. The number of hydrogen-bond donors (Lipinski definition) is 3. The van der Waals surface area contributed by atoms with Crippen molar-refractivity contribution >= 4 is 45.7 Å². The zero-order valence-corrected chi connectivity index (χ0v) is 16.8. The summed E-state index contributed by atoms with van der Waals surface area (Å²) in [5, 5.41) is 7.13. The van der Waals surface area contributed by atoms with Crippen LogP contribution in [0.2, 0.25) is 5.02 Å². The molecule has 6 nitrogen and oxygen atoms in total. The summed E-state index contributed by atoms with van der Waals surface area (Å²) in [6, 6.07) is 18.9. The predicted molar refractivity (Wildman–Crippen MR) is 119 cm³/mol. The zero-order chi connectivity index (χ0) is 21.1. The highest BCUT2D eigenvalue weighted by atomic mass is 35.5. The van der Waals surface area contributed by atoms with E-state index in [0.29, 0.717) is 27.7 Å². The van der Waals surface area contributed by atoms with Gasteiger partial charge < -0.3 is 20.4 Å². The van der Waals surface area contributed by atoms with Gasteiger partial charge in [-0.25, -0.2) is 0 Å². The molecule has 4 rings (SSSR count). The molecule has 0 spiro atoms. The highest BCUT2D eigenvalue weighted by molar-refractivity contribution is 6.30. The van der Waals surface area contributed by atoms with Crippen LogP contribution in [-0.2, 0) is 0 Å². The Kier molecular flexibility index (Phi) is 5.41. The Labute approximate surface area is 177 Å². The third-order valence-corrected chi connectivity index (χ3v) is 4.89. The summed E-state index contributed by atoms with van der Waals surface area (Å²) in [5.41, 5.74) is 2.67. The number of benzene rings is 3. The van der Waals surface area contributed by atoms with Crippen LogP contribution in [0, 0.1) is 0 Å². The van der Waals surface area contributed by atoms with Crippen LogP contribution < -0.4 is 15.4 Å². The van der Waals surface area contributed by atoms with Gasteiger partial charge in [-0.1, -0.05) is 11.6 Å². The van der Waals surface area contributed by atoms with Crippen LogP contribution >= 0.6 is 11.6 Å². The van der Waals surface area contributed by atoms with Crippen LogP contribution in [0.4, 0.5) is 11.4 Å². The van der Waals surface area contributed by atoms with Crippen molar-refractivity contribution < 1.29 is 14.3 Å². The molecule has 3 aromatic carbocycles. The summed E-state index contributed by atoms with van der Waals surface area (Å²) in [7, 11) is 1.51. The second-order valence-electron chi connectivity index (χ2n) is 6.61. The van der Waals surface area contributed by atoms with Gasteiger partial charge in [0.2, 0.25) is 0 Å². The first-order valence-corrected chi connectivity index (χ1v) is 9.55. The van der Waals surface area contributed by atoms with E-state index in [1.807, 2.05) is 18.3 Å². The molecule has 0 saturated carbocycles. The number of methoxy groups -OCH3 is 1. The molecule has 0 aliphatic carbocycles. The second kappa shape index (κ2) is 8.31. The van der Waals surface area contributed by atoms with Crippen LogP contribution in [0.3, 0.4) is 0 Å². The van der Waals surface area contributed by atoms with E-state index in [-0.39, 0.29) is 17.4 Å². The molecule has 0 fully saturated rings. The van der Waals surface area contributed by atoms with Gasteiger partial charge in [0.25, 0.3) is 11.8 Å². The van der Waals surface area contributed by atoms with Crippen molar-refractivity contribution in [3.05, 3.63) is 89.1 Å². The molecule has 1 heterocycles. The van der Waals surface area contributed by atoms with Crippen molar-refractivity contribution in [3.63, 3.8) is 0 Å². The number of H-pyrrole nitrogens is 1. The van der Waals surface area contributed by atoms with Crippen LogP contribution in [0.5, 0.6) is 5.75 Å². The lowest BCUT2D eigenvalue weighted by Gasteiger charge is -2.13. The van der Waals surface area contributed by atoms with Gasteiger partial charge in [-0.05, 0) is 66.7 Å². The lowest BCUT2D eigenvalue weighted by Crippen LogP contribution is -2.18. The summed E-state index contributed by atoms with van der Waals surface area (Å²) < 4.78 is 5.24. The van der Waals surface area contributed by atoms with Gasteiger partial charge in [0, 0.05) is 33.4 Å². The number of carbonyl (C=O) groups is 2. The molecule has 0 saturated heterocycles. The highest BCUT2D eigenvalue weighted by Gasteiger charge is 2.16. The summed E-state index contributed by atoms with van der Waals surface area (Å²) in [6.45, 7) is 0. The average molecular weight is 420 g/mol. The Morgan fingerprint density at radius 1 is 0.900 bits per heavy atom. The molecule has 150 valence electrons. The van der Waals surface area contributed by atoms with Gasteiger partial charge in [0.15, 0.2) is 0 Å². The summed E-state index contributed by atoms with van der Waals surface area (Å²) >= 11 is 5.90. The van der Waals surface area contributed by atoms with Gasteiger partial charge in [-0.3, -0.25) is 9.59 Å². The largest absolute Gasteiger partial charge is 0.497 e. The Hall–Kier alpha value is -3.77. The van der Waals surface area contributed by atoms with Crippen molar-refractivity contribution in [1.82, 2.24) is 4.98 Å². The van der Waals surface area contributed by atoms with Gasteiger partial charge in [0.05, 0.1) is 18.4 Å². The van der Waals surface area contributed by atoms with E-state index in [2.05, 4.69) is 15.6 Å². The fraction of sp³-hybridized carbons (Fsp3) is 0.0435. The molecular formula is C23H18ClN3O3. The van der Waals surface area contributed by atoms with Crippen molar-refractivity contribution in [3.8, 4) is 5.75 Å². The third kappa shape index (κ3) is 4.14. The zero-order valence-electron chi connectivity index (χ0n) is 16.0. The third-order valence-electron chi connectivity index (χ3n) is 4.64. The molecule has 1 aromatic heterocycles. The number of aromatic nitrogens is 1. The van der Waals surface area contributed by atoms with Crippen LogP contribution in [0.25, 0.3) is 10.9 Å². The number of halogens is 1. The Morgan fingerprint density at radius 3 is 2.47 bits per heavy atom. The van der Waals surface area contributed by atoms with E-state index in [9.17, 15) is 9.59 Å². The number of ether oxygens (including phenoxy) is 1. The molecule has 0 aliphatic rings. The number of rotatable bonds is 5. The standard InChI is InChI=1S/C23H18ClN3O3/c1-30-18-7-9-21(19(13-18)23(29)26-17-5-3-16(24)4-6-17)27-22(28)15-2-8-20-14(12-15)10-11-25-20/h2-13,25H,1H3,(H,26,29)(H,27,28). The van der Waals surface area contributed by atoms with Gasteiger partial charge in [0.1, 0.15) is 5.75 Å². The van der Waals surface area contributed by atoms with E-state index in [4.69, 9.17) is 16.3 Å². The minimum atomic E-state index is -0.382. The Bertz CT molecular complexity index is 1230. The molecule has 0 radical (unpaired) electrons. The maximum absolute atomic E-state index is 12.9. The summed E-state index contributed by atoms with van der Waals surface area (Å²) in [4.78, 5) is 28.8. The summed E-state index contributed by atoms with van der Waals surface area (Å²) in [5.74, 6) is -0.195. The molecule has 0 aliphatic heterocycles. The minimum Gasteiger partial charge on any atom is -0.497 e. The van der Waals surface area contributed by atoms with Gasteiger partial charge in [-0.15, -0.1) is 0 Å². The molecule has 0 bridgehead atoms. The SMILES string of the molecule is COc1ccc(NC(=O)c2ccc3[nH]ccc3c2)c(C(=O)Nc2ccc(Cl)cc2)c1. The predicted octanol–water partition coefficient (Wildman–Crippen LogP) is 5.33.